The van der Waals surface area contributed by atoms with Gasteiger partial charge in [-0.2, -0.15) is 0 Å². The number of benzene rings is 2. The van der Waals surface area contributed by atoms with Crippen molar-refractivity contribution >= 4 is 22.6 Å². The molecule has 1 aromatic heterocycles. The van der Waals surface area contributed by atoms with Gasteiger partial charge in [0.1, 0.15) is 5.78 Å². The Balaban J connectivity index is 1.47. The van der Waals surface area contributed by atoms with Crippen LogP contribution in [0.25, 0.3) is 10.9 Å². The molecule has 4 nitrogen and oxygen atoms in total. The van der Waals surface area contributed by atoms with Crippen molar-refractivity contribution in [3.05, 3.63) is 71.9 Å². The van der Waals surface area contributed by atoms with Crippen molar-refractivity contribution in [2.75, 3.05) is 13.1 Å². The minimum Gasteiger partial charge on any atom is -0.347 e. The number of ketones is 1. The smallest absolute Gasteiger partial charge is 0.256 e. The molecule has 0 radical (unpaired) electrons. The largest absolute Gasteiger partial charge is 0.347 e. The monoisotopic (exact) mass is 374 g/mol. The van der Waals surface area contributed by atoms with Gasteiger partial charge >= 0.3 is 0 Å². The van der Waals surface area contributed by atoms with Crippen molar-refractivity contribution in [1.29, 1.82) is 0 Å². The lowest BCUT2D eigenvalue weighted by Gasteiger charge is -2.25. The number of nitrogens with zero attached hydrogens (tertiary/aromatic N) is 2. The summed E-state index contributed by atoms with van der Waals surface area (Å²) in [7, 11) is 0. The van der Waals surface area contributed by atoms with E-state index in [2.05, 4.69) is 34.9 Å². The molecule has 2 heterocycles. The van der Waals surface area contributed by atoms with Gasteiger partial charge in [-0.05, 0) is 30.9 Å². The molecule has 4 heteroatoms. The van der Waals surface area contributed by atoms with Crippen molar-refractivity contribution in [2.24, 2.45) is 0 Å². The second-order valence-electron chi connectivity index (χ2n) is 7.53. The van der Waals surface area contributed by atoms with E-state index in [1.54, 1.807) is 0 Å². The normalized spacial score (nSPS) is 14.6. The summed E-state index contributed by atoms with van der Waals surface area (Å²) >= 11 is 0. The fourth-order valence-electron chi connectivity index (χ4n) is 3.99. The maximum absolute atomic E-state index is 13.0. The topological polar surface area (TPSA) is 42.3 Å². The molecule has 0 saturated carbocycles. The van der Waals surface area contributed by atoms with E-state index < -0.39 is 0 Å². The van der Waals surface area contributed by atoms with Gasteiger partial charge in [0.05, 0.1) is 5.56 Å². The van der Waals surface area contributed by atoms with Gasteiger partial charge < -0.3 is 9.47 Å². The Bertz CT molecular complexity index is 965. The van der Waals surface area contributed by atoms with Crippen LogP contribution in [0.4, 0.5) is 0 Å². The lowest BCUT2D eigenvalue weighted by molar-refractivity contribution is -0.120. The van der Waals surface area contributed by atoms with Crippen molar-refractivity contribution in [3.63, 3.8) is 0 Å². The minimum atomic E-state index is 0.0479. The number of hydrogen-bond acceptors (Lipinski definition) is 2. The highest BCUT2D eigenvalue weighted by molar-refractivity contribution is 6.07. The van der Waals surface area contributed by atoms with Gasteiger partial charge in [0.15, 0.2) is 0 Å². The number of hydrogen-bond donors (Lipinski definition) is 0. The van der Waals surface area contributed by atoms with E-state index in [0.29, 0.717) is 25.9 Å². The maximum Gasteiger partial charge on any atom is 0.256 e. The summed E-state index contributed by atoms with van der Waals surface area (Å²) in [5, 5.41) is 1.01. The van der Waals surface area contributed by atoms with Gasteiger partial charge in [-0.15, -0.1) is 0 Å². The second kappa shape index (κ2) is 8.42. The molecule has 1 aliphatic heterocycles. The molecule has 0 aliphatic carbocycles. The molecule has 28 heavy (non-hydrogen) atoms. The van der Waals surface area contributed by atoms with E-state index in [1.165, 1.54) is 5.56 Å². The molecule has 0 unspecified atom stereocenters. The number of unbranched alkanes of at least 4 members (excludes halogenated alkanes) is 1. The van der Waals surface area contributed by atoms with Gasteiger partial charge in [-0.1, -0.05) is 48.5 Å². The molecule has 1 amide bonds. The Kier molecular flexibility index (Phi) is 5.56. The van der Waals surface area contributed by atoms with Gasteiger partial charge in [0, 0.05) is 49.6 Å². The average Bonchev–Trinajstić information content (AvgIpc) is 3.11. The van der Waals surface area contributed by atoms with Crippen LogP contribution in [0.15, 0.2) is 60.8 Å². The maximum atomic E-state index is 13.0. The Morgan fingerprint density at radius 1 is 0.893 bits per heavy atom. The van der Waals surface area contributed by atoms with E-state index in [1.807, 2.05) is 35.4 Å². The first-order chi connectivity index (χ1) is 13.7. The van der Waals surface area contributed by atoms with Crippen molar-refractivity contribution in [1.82, 2.24) is 9.47 Å². The van der Waals surface area contributed by atoms with Crippen LogP contribution < -0.4 is 0 Å². The number of carbonyl (C=O) groups is 2. The van der Waals surface area contributed by atoms with Crippen molar-refractivity contribution < 1.29 is 9.59 Å². The van der Waals surface area contributed by atoms with Crippen LogP contribution in [0.5, 0.6) is 0 Å². The van der Waals surface area contributed by atoms with Crippen molar-refractivity contribution in [3.8, 4) is 0 Å². The molecular formula is C24H26N2O2. The quantitative estimate of drug-likeness (QED) is 0.598. The van der Waals surface area contributed by atoms with E-state index in [0.717, 1.165) is 42.3 Å². The third-order valence-corrected chi connectivity index (χ3v) is 5.58. The second-order valence-corrected chi connectivity index (χ2v) is 7.53. The summed E-state index contributed by atoms with van der Waals surface area (Å²) in [4.78, 5) is 26.4. The molecule has 144 valence electrons. The average molecular weight is 374 g/mol. The van der Waals surface area contributed by atoms with Crippen LogP contribution in [-0.4, -0.2) is 34.2 Å². The minimum absolute atomic E-state index is 0.0479. The number of aryl methyl sites for hydroxylation is 2. The zero-order chi connectivity index (χ0) is 19.3. The summed E-state index contributed by atoms with van der Waals surface area (Å²) < 4.78 is 2.21. The van der Waals surface area contributed by atoms with Gasteiger partial charge in [0.2, 0.25) is 0 Å². The molecule has 1 saturated heterocycles. The van der Waals surface area contributed by atoms with Gasteiger partial charge in [0.25, 0.3) is 5.91 Å². The predicted molar refractivity (Wildman–Crippen MR) is 111 cm³/mol. The molecule has 0 bridgehead atoms. The Morgan fingerprint density at radius 2 is 1.61 bits per heavy atom. The number of piperidine rings is 1. The number of Topliss-reactive ketones (excluding diaryl/α,β-unsaturated/α-hetero) is 1. The number of carbonyl (C=O) groups excluding carboxylic acids is 2. The van der Waals surface area contributed by atoms with Crippen LogP contribution in [-0.2, 0) is 17.8 Å². The van der Waals surface area contributed by atoms with E-state index in [9.17, 15) is 9.59 Å². The Labute approximate surface area is 165 Å². The third-order valence-electron chi connectivity index (χ3n) is 5.58. The summed E-state index contributed by atoms with van der Waals surface area (Å²) in [6, 6.07) is 18.7. The zero-order valence-electron chi connectivity index (χ0n) is 16.1. The van der Waals surface area contributed by atoms with Crippen LogP contribution in [0.2, 0.25) is 0 Å². The molecule has 4 rings (SSSR count). The number of aromatic nitrogens is 1. The first-order valence-corrected chi connectivity index (χ1v) is 10.1. The van der Waals surface area contributed by atoms with Crippen LogP contribution in [0.3, 0.4) is 0 Å². The molecule has 0 atom stereocenters. The number of likely N-dealkylation sites (tertiary alicyclic amines) is 1. The van der Waals surface area contributed by atoms with Crippen LogP contribution >= 0.6 is 0 Å². The summed E-state index contributed by atoms with van der Waals surface area (Å²) in [5.41, 5.74) is 3.24. The fraction of sp³-hybridized carbons (Fsp3) is 0.333. The highest BCUT2D eigenvalue weighted by Crippen LogP contribution is 2.24. The molecule has 1 fully saturated rings. The third kappa shape index (κ3) is 4.01. The summed E-state index contributed by atoms with van der Waals surface area (Å²) in [6.07, 6.45) is 6.22. The van der Waals surface area contributed by atoms with E-state index in [4.69, 9.17) is 0 Å². The SMILES string of the molecule is O=C1CCN(C(=O)c2cn(CCCCc3ccccc3)c3ccccc23)CC1. The fourth-order valence-corrected chi connectivity index (χ4v) is 3.99. The van der Waals surface area contributed by atoms with Crippen molar-refractivity contribution in [2.45, 2.75) is 38.6 Å². The van der Waals surface area contributed by atoms with Gasteiger partial charge in [-0.25, -0.2) is 0 Å². The first-order valence-electron chi connectivity index (χ1n) is 10.1. The number of rotatable bonds is 6. The standard InChI is InChI=1S/C24H26N2O2/c27-20-13-16-25(17-14-20)24(28)22-18-26(23-12-5-4-11-21(22)23)15-7-6-10-19-8-2-1-3-9-19/h1-5,8-9,11-12,18H,6-7,10,13-17H2. The molecule has 0 N–H and O–H groups in total. The number of fused-ring (bicyclic) bond motifs is 1. The molecule has 0 spiro atoms. The lowest BCUT2D eigenvalue weighted by Crippen LogP contribution is -2.38. The Morgan fingerprint density at radius 3 is 2.39 bits per heavy atom. The molecular weight excluding hydrogens is 348 g/mol. The number of amides is 1. The highest BCUT2D eigenvalue weighted by atomic mass is 16.2. The lowest BCUT2D eigenvalue weighted by atomic mass is 10.1. The zero-order valence-corrected chi connectivity index (χ0v) is 16.1. The predicted octanol–water partition coefficient (Wildman–Crippen LogP) is 4.47. The van der Waals surface area contributed by atoms with Gasteiger partial charge in [-0.3, -0.25) is 9.59 Å². The van der Waals surface area contributed by atoms with Crippen LogP contribution in [0, 0.1) is 0 Å². The molecule has 1 aliphatic rings. The highest BCUT2D eigenvalue weighted by Gasteiger charge is 2.24. The summed E-state index contributed by atoms with van der Waals surface area (Å²) in [6.45, 7) is 1.97. The van der Waals surface area contributed by atoms with Crippen LogP contribution in [0.1, 0.15) is 41.6 Å². The van der Waals surface area contributed by atoms with E-state index >= 15 is 0 Å². The molecule has 3 aromatic rings. The molecule has 2 aromatic carbocycles. The van der Waals surface area contributed by atoms with E-state index in [-0.39, 0.29) is 11.7 Å². The number of para-hydroxylation sites is 1. The summed E-state index contributed by atoms with van der Waals surface area (Å²) in [5.74, 6) is 0.302. The Hall–Kier alpha value is -2.88. The first kappa shape index (κ1) is 18.5.